The third-order valence-electron chi connectivity index (χ3n) is 4.13. The van der Waals surface area contributed by atoms with Crippen LogP contribution in [0, 0.1) is 0 Å². The van der Waals surface area contributed by atoms with Gasteiger partial charge in [0.15, 0.2) is 0 Å². The van der Waals surface area contributed by atoms with Crippen molar-refractivity contribution in [3.63, 3.8) is 0 Å². The molecule has 5 heteroatoms. The van der Waals surface area contributed by atoms with E-state index >= 15 is 0 Å². The molecule has 0 unspecified atom stereocenters. The first-order valence-electron chi connectivity index (χ1n) is 9.15. The number of carbonyl (C=O) groups is 2. The average Bonchev–Trinajstić information content (AvgIpc) is 2.62. The number of amides is 2. The summed E-state index contributed by atoms with van der Waals surface area (Å²) in [5, 5.41) is 2.88. The molecule has 2 amide bonds. The van der Waals surface area contributed by atoms with E-state index in [1.165, 1.54) is 0 Å². The maximum atomic E-state index is 12.7. The maximum Gasteiger partial charge on any atom is 0.254 e. The molecule has 0 saturated heterocycles. The Morgan fingerprint density at radius 1 is 1.00 bits per heavy atom. The number of para-hydroxylation sites is 1. The van der Waals surface area contributed by atoms with Crippen molar-refractivity contribution < 1.29 is 9.59 Å². The van der Waals surface area contributed by atoms with Crippen LogP contribution in [0.5, 0.6) is 0 Å². The molecule has 2 aromatic rings. The van der Waals surface area contributed by atoms with Crippen LogP contribution in [0.2, 0.25) is 0 Å². The molecule has 0 aliphatic carbocycles. The van der Waals surface area contributed by atoms with Gasteiger partial charge in [-0.2, -0.15) is 0 Å². The number of hydrogen-bond acceptors (Lipinski definition) is 3. The second-order valence-corrected chi connectivity index (χ2v) is 8.31. The number of hydrogen-bond donors (Lipinski definition) is 1. The molecule has 0 bridgehead atoms. The Morgan fingerprint density at radius 3 is 2.19 bits per heavy atom. The third kappa shape index (κ3) is 6.43. The molecule has 0 spiro atoms. The van der Waals surface area contributed by atoms with E-state index < -0.39 is 0 Å². The van der Waals surface area contributed by atoms with Crippen LogP contribution in [0.4, 0.5) is 5.69 Å². The molecule has 0 saturated carbocycles. The number of nitrogens with one attached hydrogen (secondary N) is 1. The van der Waals surface area contributed by atoms with Gasteiger partial charge in [0.25, 0.3) is 5.91 Å². The van der Waals surface area contributed by atoms with E-state index in [-0.39, 0.29) is 17.4 Å². The van der Waals surface area contributed by atoms with Gasteiger partial charge in [0, 0.05) is 29.1 Å². The van der Waals surface area contributed by atoms with Crippen LogP contribution >= 0.6 is 11.8 Å². The molecule has 0 aliphatic heterocycles. The van der Waals surface area contributed by atoms with Gasteiger partial charge in [0.1, 0.15) is 0 Å². The zero-order chi connectivity index (χ0) is 19.9. The lowest BCUT2D eigenvalue weighted by Crippen LogP contribution is -2.45. The Hall–Kier alpha value is -2.27. The largest absolute Gasteiger partial charge is 0.334 e. The molecule has 4 nitrogen and oxygen atoms in total. The lowest BCUT2D eigenvalue weighted by Gasteiger charge is -2.35. The van der Waals surface area contributed by atoms with Crippen molar-refractivity contribution >= 4 is 29.3 Å². The Morgan fingerprint density at radius 2 is 1.63 bits per heavy atom. The summed E-state index contributed by atoms with van der Waals surface area (Å²) < 4.78 is 0. The highest BCUT2D eigenvalue weighted by molar-refractivity contribution is 7.99. The lowest BCUT2D eigenvalue weighted by atomic mass is 10.0. The van der Waals surface area contributed by atoms with E-state index in [2.05, 4.69) is 5.32 Å². The fourth-order valence-electron chi connectivity index (χ4n) is 2.80. The number of benzene rings is 2. The third-order valence-corrected chi connectivity index (χ3v) is 5.14. The topological polar surface area (TPSA) is 49.4 Å². The molecule has 0 radical (unpaired) electrons. The van der Waals surface area contributed by atoms with Crippen molar-refractivity contribution in [2.75, 3.05) is 17.6 Å². The fourth-order valence-corrected chi connectivity index (χ4v) is 3.59. The van der Waals surface area contributed by atoms with E-state index in [1.54, 1.807) is 11.8 Å². The van der Waals surface area contributed by atoms with Crippen LogP contribution in [0.25, 0.3) is 0 Å². The maximum absolute atomic E-state index is 12.7. The van der Waals surface area contributed by atoms with Gasteiger partial charge in [-0.05, 0) is 57.5 Å². The monoisotopic (exact) mass is 384 g/mol. The molecule has 1 N–H and O–H groups in total. The summed E-state index contributed by atoms with van der Waals surface area (Å²) in [6, 6.07) is 17.1. The number of nitrogens with zero attached hydrogens (tertiary/aromatic N) is 1. The SMILES string of the molecule is CCN(C(=O)c1ccc(CSCC(=O)Nc2ccccc2)cc1)C(C)(C)C. The van der Waals surface area contributed by atoms with Gasteiger partial charge in [0.2, 0.25) is 5.91 Å². The molecule has 144 valence electrons. The standard InChI is InChI=1S/C22H28N2O2S/c1-5-24(22(2,3)4)21(26)18-13-11-17(12-14-18)15-27-16-20(25)23-19-9-7-6-8-10-19/h6-14H,5,15-16H2,1-4H3,(H,23,25). The zero-order valence-electron chi connectivity index (χ0n) is 16.5. The highest BCUT2D eigenvalue weighted by atomic mass is 32.2. The smallest absolute Gasteiger partial charge is 0.254 e. The van der Waals surface area contributed by atoms with E-state index in [9.17, 15) is 9.59 Å². The van der Waals surface area contributed by atoms with Gasteiger partial charge in [-0.3, -0.25) is 9.59 Å². The van der Waals surface area contributed by atoms with Gasteiger partial charge >= 0.3 is 0 Å². The van der Waals surface area contributed by atoms with Gasteiger partial charge < -0.3 is 10.2 Å². The van der Waals surface area contributed by atoms with Crippen LogP contribution in [-0.4, -0.2) is 34.6 Å². The Labute approximate surface area is 166 Å². The van der Waals surface area contributed by atoms with Gasteiger partial charge in [-0.25, -0.2) is 0 Å². The van der Waals surface area contributed by atoms with Crippen LogP contribution in [-0.2, 0) is 10.5 Å². The lowest BCUT2D eigenvalue weighted by molar-refractivity contribution is -0.113. The normalized spacial score (nSPS) is 11.1. The summed E-state index contributed by atoms with van der Waals surface area (Å²) in [6.07, 6.45) is 0. The molecule has 2 aromatic carbocycles. The molecular weight excluding hydrogens is 356 g/mol. The second-order valence-electron chi connectivity index (χ2n) is 7.32. The van der Waals surface area contributed by atoms with E-state index in [4.69, 9.17) is 0 Å². The van der Waals surface area contributed by atoms with Crippen molar-refractivity contribution in [1.29, 1.82) is 0 Å². The van der Waals surface area contributed by atoms with Gasteiger partial charge in [-0.15, -0.1) is 11.8 Å². The van der Waals surface area contributed by atoms with Crippen molar-refractivity contribution in [1.82, 2.24) is 4.90 Å². The molecule has 0 fully saturated rings. The first kappa shape index (κ1) is 21.0. The Bertz CT molecular complexity index is 752. The van der Waals surface area contributed by atoms with Crippen molar-refractivity contribution in [2.45, 2.75) is 39.0 Å². The van der Waals surface area contributed by atoms with Crippen LogP contribution in [0.3, 0.4) is 0 Å². The predicted octanol–water partition coefficient (Wildman–Crippen LogP) is 4.82. The zero-order valence-corrected chi connectivity index (χ0v) is 17.3. The minimum Gasteiger partial charge on any atom is -0.334 e. The number of anilines is 1. The molecular formula is C22H28N2O2S. The highest BCUT2D eigenvalue weighted by Crippen LogP contribution is 2.19. The minimum atomic E-state index is -0.202. The quantitative estimate of drug-likeness (QED) is 0.745. The molecule has 27 heavy (non-hydrogen) atoms. The second kappa shape index (κ2) is 9.60. The summed E-state index contributed by atoms with van der Waals surface area (Å²) >= 11 is 1.56. The van der Waals surface area contributed by atoms with E-state index in [0.717, 1.165) is 17.0 Å². The Balaban J connectivity index is 1.85. The predicted molar refractivity (Wildman–Crippen MR) is 114 cm³/mol. The van der Waals surface area contributed by atoms with Gasteiger partial charge in [0.05, 0.1) is 5.75 Å². The van der Waals surface area contributed by atoms with Crippen molar-refractivity contribution in [3.8, 4) is 0 Å². The van der Waals surface area contributed by atoms with E-state index in [0.29, 0.717) is 17.9 Å². The molecule has 0 atom stereocenters. The molecule has 2 rings (SSSR count). The van der Waals surface area contributed by atoms with Crippen molar-refractivity contribution in [2.24, 2.45) is 0 Å². The van der Waals surface area contributed by atoms with Crippen LogP contribution in [0.1, 0.15) is 43.6 Å². The molecule has 0 heterocycles. The minimum absolute atomic E-state index is 0.0123. The highest BCUT2D eigenvalue weighted by Gasteiger charge is 2.25. The summed E-state index contributed by atoms with van der Waals surface area (Å²) in [6.45, 7) is 8.80. The first-order valence-corrected chi connectivity index (χ1v) is 10.3. The summed E-state index contributed by atoms with van der Waals surface area (Å²) in [5.41, 5.74) is 2.41. The summed E-state index contributed by atoms with van der Waals surface area (Å²) in [5.74, 6) is 1.16. The van der Waals surface area contributed by atoms with E-state index in [1.807, 2.05) is 87.2 Å². The molecule has 0 aliphatic rings. The fraction of sp³-hybridized carbons (Fsp3) is 0.364. The Kier molecular flexibility index (Phi) is 7.48. The number of rotatable bonds is 7. The van der Waals surface area contributed by atoms with Crippen LogP contribution < -0.4 is 5.32 Å². The summed E-state index contributed by atoms with van der Waals surface area (Å²) in [7, 11) is 0. The number of carbonyl (C=O) groups excluding carboxylic acids is 2. The molecule has 0 aromatic heterocycles. The first-order chi connectivity index (χ1) is 12.8. The number of thioether (sulfide) groups is 1. The average molecular weight is 385 g/mol. The van der Waals surface area contributed by atoms with Crippen LogP contribution in [0.15, 0.2) is 54.6 Å². The summed E-state index contributed by atoms with van der Waals surface area (Å²) in [4.78, 5) is 26.5. The van der Waals surface area contributed by atoms with Gasteiger partial charge in [-0.1, -0.05) is 30.3 Å². The van der Waals surface area contributed by atoms with Crippen molar-refractivity contribution in [3.05, 3.63) is 65.7 Å².